The lowest BCUT2D eigenvalue weighted by Crippen LogP contribution is -2.64. The van der Waals surface area contributed by atoms with E-state index in [1.165, 1.54) is 6.07 Å². The van der Waals surface area contributed by atoms with Crippen LogP contribution >= 0.6 is 11.8 Å². The van der Waals surface area contributed by atoms with Gasteiger partial charge in [0.2, 0.25) is 11.8 Å². The first-order chi connectivity index (χ1) is 14.0. The molecule has 2 saturated heterocycles. The summed E-state index contributed by atoms with van der Waals surface area (Å²) in [6.07, 6.45) is 6.91. The van der Waals surface area contributed by atoms with Crippen LogP contribution in [-0.4, -0.2) is 75.6 Å². The molecule has 3 rings (SSSR count). The van der Waals surface area contributed by atoms with Gasteiger partial charge in [-0.05, 0) is 31.6 Å². The number of pyridine rings is 1. The van der Waals surface area contributed by atoms with Crippen LogP contribution in [0, 0.1) is 5.41 Å². The van der Waals surface area contributed by atoms with Crippen LogP contribution in [0.5, 0.6) is 0 Å². The summed E-state index contributed by atoms with van der Waals surface area (Å²) in [5.74, 6) is 0.893. The number of carbonyl (C=O) groups excluding carboxylic acids is 2. The number of aliphatic hydroxyl groups excluding tert-OH is 1. The minimum Gasteiger partial charge on any atom is -0.396 e. The van der Waals surface area contributed by atoms with Gasteiger partial charge in [-0.1, -0.05) is 6.07 Å². The van der Waals surface area contributed by atoms with Gasteiger partial charge < -0.3 is 19.5 Å². The SMILES string of the molecule is CSCCC(=O)N1CCC[C@@]2(CO)CCN(C(=O)CCn3ccccc3=O)C[C@H]12. The number of likely N-dealkylation sites (tertiary alicyclic amines) is 2. The van der Waals surface area contributed by atoms with Gasteiger partial charge in [0.25, 0.3) is 5.56 Å². The Kier molecular flexibility index (Phi) is 7.40. The molecule has 2 aliphatic heterocycles. The van der Waals surface area contributed by atoms with Crippen molar-refractivity contribution in [3.63, 3.8) is 0 Å². The fourth-order valence-corrected chi connectivity index (χ4v) is 5.02. The van der Waals surface area contributed by atoms with Crippen molar-refractivity contribution in [3.8, 4) is 0 Å². The standard InChI is InChI=1S/C21H31N3O4S/c1-29-14-7-20(28)24-11-4-8-21(16-25)9-13-23(15-17(21)24)19(27)6-12-22-10-3-2-5-18(22)26/h2-3,5,10,17,25H,4,6-9,11-16H2,1H3/t17-,21-/m0/s1. The summed E-state index contributed by atoms with van der Waals surface area (Å²) in [4.78, 5) is 41.2. The van der Waals surface area contributed by atoms with E-state index in [0.29, 0.717) is 39.0 Å². The highest BCUT2D eigenvalue weighted by Crippen LogP contribution is 2.42. The lowest BCUT2D eigenvalue weighted by atomic mass is 9.69. The number of aromatic nitrogens is 1. The zero-order valence-corrected chi connectivity index (χ0v) is 17.9. The Morgan fingerprint density at radius 2 is 2.03 bits per heavy atom. The van der Waals surface area contributed by atoms with Crippen LogP contribution in [0.4, 0.5) is 0 Å². The summed E-state index contributed by atoms with van der Waals surface area (Å²) in [6.45, 7) is 2.15. The average molecular weight is 422 g/mol. The lowest BCUT2D eigenvalue weighted by Gasteiger charge is -2.54. The molecule has 2 aliphatic rings. The molecule has 0 spiro atoms. The second-order valence-corrected chi connectivity index (χ2v) is 9.03. The molecule has 160 valence electrons. The molecule has 0 saturated carbocycles. The molecule has 2 atom stereocenters. The van der Waals surface area contributed by atoms with E-state index in [1.807, 2.05) is 16.1 Å². The molecule has 2 fully saturated rings. The number of fused-ring (bicyclic) bond motifs is 1. The summed E-state index contributed by atoms with van der Waals surface area (Å²) < 4.78 is 1.54. The highest BCUT2D eigenvalue weighted by molar-refractivity contribution is 7.98. The Labute approximate surface area is 176 Å². The van der Waals surface area contributed by atoms with Gasteiger partial charge in [-0.25, -0.2) is 0 Å². The molecular formula is C21H31N3O4S. The van der Waals surface area contributed by atoms with Crippen LogP contribution in [0.15, 0.2) is 29.2 Å². The minimum atomic E-state index is -0.305. The highest BCUT2D eigenvalue weighted by Gasteiger charge is 2.49. The van der Waals surface area contributed by atoms with E-state index in [1.54, 1.807) is 34.7 Å². The number of thioether (sulfide) groups is 1. The molecule has 7 nitrogen and oxygen atoms in total. The first-order valence-electron chi connectivity index (χ1n) is 10.3. The summed E-state index contributed by atoms with van der Waals surface area (Å²) in [5, 5.41) is 10.2. The van der Waals surface area contributed by atoms with Crippen molar-refractivity contribution in [1.29, 1.82) is 0 Å². The van der Waals surface area contributed by atoms with Gasteiger partial charge in [0.1, 0.15) is 0 Å². The van der Waals surface area contributed by atoms with Crippen LogP contribution in [-0.2, 0) is 16.1 Å². The summed E-state index contributed by atoms with van der Waals surface area (Å²) in [7, 11) is 0. The van der Waals surface area contributed by atoms with E-state index in [0.717, 1.165) is 18.6 Å². The zero-order chi connectivity index (χ0) is 20.9. The van der Waals surface area contributed by atoms with E-state index < -0.39 is 0 Å². The first-order valence-corrected chi connectivity index (χ1v) is 11.7. The van der Waals surface area contributed by atoms with E-state index in [-0.39, 0.29) is 41.9 Å². The number of nitrogens with zero attached hydrogens (tertiary/aromatic N) is 3. The fourth-order valence-electron chi connectivity index (χ4n) is 4.64. The molecular weight excluding hydrogens is 390 g/mol. The van der Waals surface area contributed by atoms with E-state index >= 15 is 0 Å². The van der Waals surface area contributed by atoms with Gasteiger partial charge in [-0.15, -0.1) is 0 Å². The molecule has 1 N–H and O–H groups in total. The monoisotopic (exact) mass is 421 g/mol. The van der Waals surface area contributed by atoms with Gasteiger partial charge in [-0.3, -0.25) is 14.4 Å². The Morgan fingerprint density at radius 1 is 1.21 bits per heavy atom. The van der Waals surface area contributed by atoms with Crippen molar-refractivity contribution in [2.24, 2.45) is 5.41 Å². The number of carbonyl (C=O) groups is 2. The predicted octanol–water partition coefficient (Wildman–Crippen LogP) is 1.19. The zero-order valence-electron chi connectivity index (χ0n) is 17.1. The summed E-state index contributed by atoms with van der Waals surface area (Å²) in [5.41, 5.74) is -0.420. The molecule has 8 heteroatoms. The van der Waals surface area contributed by atoms with Crippen molar-refractivity contribution in [3.05, 3.63) is 34.7 Å². The molecule has 1 aromatic heterocycles. The largest absolute Gasteiger partial charge is 0.396 e. The highest BCUT2D eigenvalue weighted by atomic mass is 32.2. The lowest BCUT2D eigenvalue weighted by molar-refractivity contribution is -0.153. The van der Waals surface area contributed by atoms with Crippen LogP contribution in [0.2, 0.25) is 0 Å². The summed E-state index contributed by atoms with van der Waals surface area (Å²) >= 11 is 1.65. The number of hydrogen-bond donors (Lipinski definition) is 1. The van der Waals surface area contributed by atoms with Crippen LogP contribution < -0.4 is 5.56 Å². The third kappa shape index (κ3) is 4.86. The number of amides is 2. The van der Waals surface area contributed by atoms with Gasteiger partial charge in [-0.2, -0.15) is 11.8 Å². The number of piperidine rings is 2. The van der Waals surface area contributed by atoms with Crippen molar-refractivity contribution < 1.29 is 14.7 Å². The van der Waals surface area contributed by atoms with E-state index in [9.17, 15) is 19.5 Å². The number of rotatable bonds is 7. The van der Waals surface area contributed by atoms with Crippen molar-refractivity contribution in [2.75, 3.05) is 38.2 Å². The van der Waals surface area contributed by atoms with Gasteiger partial charge in [0.15, 0.2) is 0 Å². The van der Waals surface area contributed by atoms with Gasteiger partial charge in [0, 0.05) is 62.5 Å². The van der Waals surface area contributed by atoms with Crippen LogP contribution in [0.1, 0.15) is 32.1 Å². The Bertz CT molecular complexity index is 783. The van der Waals surface area contributed by atoms with E-state index in [2.05, 4.69) is 0 Å². The third-order valence-electron chi connectivity index (χ3n) is 6.40. The Hall–Kier alpha value is -1.80. The van der Waals surface area contributed by atoms with Crippen molar-refractivity contribution >= 4 is 23.6 Å². The topological polar surface area (TPSA) is 82.8 Å². The van der Waals surface area contributed by atoms with Crippen molar-refractivity contribution in [2.45, 2.75) is 44.7 Å². The second-order valence-electron chi connectivity index (χ2n) is 8.04. The molecule has 0 unspecified atom stereocenters. The smallest absolute Gasteiger partial charge is 0.250 e. The molecule has 2 amide bonds. The first kappa shape index (κ1) is 21.9. The van der Waals surface area contributed by atoms with Crippen molar-refractivity contribution in [1.82, 2.24) is 14.4 Å². The molecule has 0 bridgehead atoms. The number of aliphatic hydroxyl groups is 1. The molecule has 3 heterocycles. The maximum Gasteiger partial charge on any atom is 0.250 e. The minimum absolute atomic E-state index is 0.00520. The van der Waals surface area contributed by atoms with E-state index in [4.69, 9.17) is 0 Å². The molecule has 0 aromatic carbocycles. The average Bonchev–Trinajstić information content (AvgIpc) is 2.75. The number of aryl methyl sites for hydroxylation is 1. The Morgan fingerprint density at radius 3 is 2.76 bits per heavy atom. The summed E-state index contributed by atoms with van der Waals surface area (Å²) in [6, 6.07) is 4.82. The quantitative estimate of drug-likeness (QED) is 0.715. The molecule has 29 heavy (non-hydrogen) atoms. The van der Waals surface area contributed by atoms with Gasteiger partial charge in [0.05, 0.1) is 12.6 Å². The fraction of sp³-hybridized carbons (Fsp3) is 0.667. The Balaban J connectivity index is 1.68. The predicted molar refractivity (Wildman–Crippen MR) is 114 cm³/mol. The maximum absolute atomic E-state index is 12.8. The maximum atomic E-state index is 12.8. The molecule has 0 aliphatic carbocycles. The number of hydrogen-bond acceptors (Lipinski definition) is 5. The second kappa shape index (κ2) is 9.80. The molecule has 1 aromatic rings. The normalized spacial score (nSPS) is 24.3. The van der Waals surface area contributed by atoms with Crippen LogP contribution in [0.25, 0.3) is 0 Å². The third-order valence-corrected chi connectivity index (χ3v) is 7.02. The molecule has 0 radical (unpaired) electrons. The van der Waals surface area contributed by atoms with Gasteiger partial charge >= 0.3 is 0 Å². The van der Waals surface area contributed by atoms with Crippen LogP contribution in [0.3, 0.4) is 0 Å².